The zero-order valence-corrected chi connectivity index (χ0v) is 19.4. The predicted octanol–water partition coefficient (Wildman–Crippen LogP) is -1.35. The van der Waals surface area contributed by atoms with Crippen LogP contribution < -0.4 is 11.1 Å². The summed E-state index contributed by atoms with van der Waals surface area (Å²) >= 11 is 0. The number of esters is 3. The monoisotopic (exact) mass is 478 g/mol. The minimum Gasteiger partial charge on any atom is -0.463 e. The Morgan fingerprint density at radius 3 is 1.94 bits per heavy atom. The van der Waals surface area contributed by atoms with Gasteiger partial charge in [0, 0.05) is 34.2 Å². The first-order valence-electron chi connectivity index (χ1n) is 10.5. The van der Waals surface area contributed by atoms with Crippen LogP contribution in [0.1, 0.15) is 27.7 Å². The molecule has 190 valence electrons. The van der Waals surface area contributed by atoms with Crippen molar-refractivity contribution in [2.45, 2.75) is 58.3 Å². The first-order chi connectivity index (χ1) is 15.6. The van der Waals surface area contributed by atoms with Gasteiger partial charge < -0.3 is 44.2 Å². The summed E-state index contributed by atoms with van der Waals surface area (Å²) in [6.07, 6.45) is -4.48. The van der Waals surface area contributed by atoms with E-state index in [-0.39, 0.29) is 19.8 Å². The van der Waals surface area contributed by atoms with Crippen LogP contribution in [0.25, 0.3) is 0 Å². The number of carbonyl (C=O) groups is 4. The Morgan fingerprint density at radius 1 is 0.818 bits per heavy atom. The van der Waals surface area contributed by atoms with Crippen LogP contribution >= 0.6 is 0 Å². The van der Waals surface area contributed by atoms with Crippen LogP contribution in [0.4, 0.5) is 0 Å². The van der Waals surface area contributed by atoms with Crippen LogP contribution in [0.3, 0.4) is 0 Å². The van der Waals surface area contributed by atoms with Gasteiger partial charge in [-0.05, 0) is 0 Å². The predicted molar refractivity (Wildman–Crippen MR) is 111 cm³/mol. The molecule has 1 aliphatic rings. The molecule has 1 fully saturated rings. The van der Waals surface area contributed by atoms with Gasteiger partial charge in [-0.2, -0.15) is 0 Å². The number of ether oxygens (including phenoxy) is 7. The van der Waals surface area contributed by atoms with E-state index in [1.54, 1.807) is 0 Å². The molecule has 1 heterocycles. The lowest BCUT2D eigenvalue weighted by Gasteiger charge is -2.44. The first-order valence-corrected chi connectivity index (χ1v) is 10.5. The molecule has 13 nitrogen and oxygen atoms in total. The minimum absolute atomic E-state index is 0.0585. The number of carbonyl (C=O) groups excluding carboxylic acids is 4. The number of nitrogens with two attached hydrogens (primary N) is 1. The van der Waals surface area contributed by atoms with E-state index < -0.39 is 54.5 Å². The van der Waals surface area contributed by atoms with Gasteiger partial charge in [0.25, 0.3) is 0 Å². The maximum atomic E-state index is 11.8. The van der Waals surface area contributed by atoms with Crippen LogP contribution in [0.5, 0.6) is 0 Å². The van der Waals surface area contributed by atoms with Crippen molar-refractivity contribution in [2.24, 2.45) is 5.73 Å². The van der Waals surface area contributed by atoms with E-state index in [1.165, 1.54) is 20.8 Å². The lowest BCUT2D eigenvalue weighted by molar-refractivity contribution is -0.279. The highest BCUT2D eigenvalue weighted by Gasteiger charge is 2.51. The highest BCUT2D eigenvalue weighted by molar-refractivity contribution is 5.73. The van der Waals surface area contributed by atoms with Gasteiger partial charge in [0.05, 0.1) is 33.0 Å². The van der Waals surface area contributed by atoms with E-state index in [0.29, 0.717) is 26.4 Å². The van der Waals surface area contributed by atoms with E-state index >= 15 is 0 Å². The van der Waals surface area contributed by atoms with Crippen molar-refractivity contribution in [3.8, 4) is 0 Å². The second-order valence-electron chi connectivity index (χ2n) is 7.10. The maximum absolute atomic E-state index is 11.8. The summed E-state index contributed by atoms with van der Waals surface area (Å²) in [7, 11) is 0. The van der Waals surface area contributed by atoms with Gasteiger partial charge in [-0.25, -0.2) is 0 Å². The Bertz CT molecular complexity index is 646. The average molecular weight is 478 g/mol. The Kier molecular flexibility index (Phi) is 13.5. The molecule has 0 radical (unpaired) electrons. The van der Waals surface area contributed by atoms with Gasteiger partial charge in [-0.3, -0.25) is 19.2 Å². The fourth-order valence-corrected chi connectivity index (χ4v) is 3.06. The fourth-order valence-electron chi connectivity index (χ4n) is 3.06. The molecule has 0 spiro atoms. The molecule has 0 bridgehead atoms. The number of amides is 1. The molecule has 0 aromatic heterocycles. The summed E-state index contributed by atoms with van der Waals surface area (Å²) in [4.78, 5) is 46.6. The van der Waals surface area contributed by atoms with Crippen LogP contribution in [-0.2, 0) is 52.3 Å². The smallest absolute Gasteiger partial charge is 0.303 e. The summed E-state index contributed by atoms with van der Waals surface area (Å²) < 4.78 is 37.9. The molecule has 0 aliphatic carbocycles. The Hall–Kier alpha value is -2.32. The molecule has 0 unspecified atom stereocenters. The highest BCUT2D eigenvalue weighted by Crippen LogP contribution is 2.28. The Labute approximate surface area is 192 Å². The van der Waals surface area contributed by atoms with Crippen molar-refractivity contribution in [3.05, 3.63) is 0 Å². The van der Waals surface area contributed by atoms with E-state index in [9.17, 15) is 19.2 Å². The largest absolute Gasteiger partial charge is 0.463 e. The third kappa shape index (κ3) is 11.4. The number of nitrogens with one attached hydrogen (secondary N) is 1. The van der Waals surface area contributed by atoms with Crippen LogP contribution in [-0.4, -0.2) is 101 Å². The van der Waals surface area contributed by atoms with Crippen molar-refractivity contribution < 1.29 is 52.3 Å². The quantitative estimate of drug-likeness (QED) is 0.171. The summed E-state index contributed by atoms with van der Waals surface area (Å²) in [5, 5.41) is 2.61. The molecule has 13 heteroatoms. The third-order valence-corrected chi connectivity index (χ3v) is 4.22. The SMILES string of the molecule is CC(=O)N[C@@H]1[C@@H](OCCOCCOCCN)O[C@@H](COC(C)=O)[C@H](OC(C)=O)[C@@H]1OC(C)=O. The standard InChI is InChI=1S/C20H34N2O11/c1-12(23)22-17-19(32-15(4)26)18(31-14(3)25)16(11-30-13(2)24)33-20(17)29-10-9-28-8-7-27-6-5-21/h16-20H,5-11,21H2,1-4H3,(H,22,23)/t16-,17-,18-,19+,20-/m0/s1. The van der Waals surface area contributed by atoms with E-state index in [1.807, 2.05) is 0 Å². The molecule has 1 amide bonds. The molecule has 1 aliphatic heterocycles. The van der Waals surface area contributed by atoms with Crippen molar-refractivity contribution >= 4 is 23.8 Å². The molecule has 0 aromatic rings. The summed E-state index contributed by atoms with van der Waals surface area (Å²) in [6.45, 7) is 6.28. The van der Waals surface area contributed by atoms with Gasteiger partial charge in [0.1, 0.15) is 18.8 Å². The van der Waals surface area contributed by atoms with Gasteiger partial charge >= 0.3 is 17.9 Å². The molecule has 1 saturated heterocycles. The molecule has 33 heavy (non-hydrogen) atoms. The first kappa shape index (κ1) is 28.7. The second kappa shape index (κ2) is 15.5. The molecule has 0 saturated carbocycles. The van der Waals surface area contributed by atoms with Gasteiger partial charge in [0.2, 0.25) is 5.91 Å². The van der Waals surface area contributed by atoms with Crippen molar-refractivity contribution in [1.82, 2.24) is 5.32 Å². The van der Waals surface area contributed by atoms with Crippen LogP contribution in [0.15, 0.2) is 0 Å². The summed E-state index contributed by atoms with van der Waals surface area (Å²) in [5.74, 6) is -2.40. The van der Waals surface area contributed by atoms with Crippen molar-refractivity contribution in [3.63, 3.8) is 0 Å². The van der Waals surface area contributed by atoms with Gasteiger partial charge in [-0.1, -0.05) is 0 Å². The fraction of sp³-hybridized carbons (Fsp3) is 0.800. The lowest BCUT2D eigenvalue weighted by atomic mass is 9.96. The molecule has 5 atom stereocenters. The number of hydrogen-bond acceptors (Lipinski definition) is 12. The zero-order valence-electron chi connectivity index (χ0n) is 19.4. The van der Waals surface area contributed by atoms with Gasteiger partial charge in [0.15, 0.2) is 18.5 Å². The Balaban J connectivity index is 2.95. The summed E-state index contributed by atoms with van der Waals surface area (Å²) in [5.41, 5.74) is 5.33. The Morgan fingerprint density at radius 2 is 1.39 bits per heavy atom. The topological polar surface area (TPSA) is 171 Å². The number of hydrogen-bond donors (Lipinski definition) is 2. The van der Waals surface area contributed by atoms with E-state index in [2.05, 4.69) is 5.32 Å². The van der Waals surface area contributed by atoms with Gasteiger partial charge in [-0.15, -0.1) is 0 Å². The highest BCUT2D eigenvalue weighted by atomic mass is 16.7. The summed E-state index contributed by atoms with van der Waals surface area (Å²) in [6, 6.07) is -1.02. The second-order valence-corrected chi connectivity index (χ2v) is 7.10. The normalized spacial score (nSPS) is 24.6. The van der Waals surface area contributed by atoms with Crippen molar-refractivity contribution in [2.75, 3.05) is 46.2 Å². The zero-order chi connectivity index (χ0) is 24.8. The lowest BCUT2D eigenvalue weighted by Crippen LogP contribution is -2.66. The van der Waals surface area contributed by atoms with Crippen LogP contribution in [0, 0.1) is 0 Å². The molecule has 1 rings (SSSR count). The molecular formula is C20H34N2O11. The maximum Gasteiger partial charge on any atom is 0.303 e. The minimum atomic E-state index is -1.17. The molecule has 3 N–H and O–H groups in total. The van der Waals surface area contributed by atoms with E-state index in [4.69, 9.17) is 38.9 Å². The van der Waals surface area contributed by atoms with Crippen LogP contribution in [0.2, 0.25) is 0 Å². The molecular weight excluding hydrogens is 444 g/mol. The molecule has 0 aromatic carbocycles. The van der Waals surface area contributed by atoms with E-state index in [0.717, 1.165) is 6.92 Å². The van der Waals surface area contributed by atoms with Crippen molar-refractivity contribution in [1.29, 1.82) is 0 Å². The third-order valence-electron chi connectivity index (χ3n) is 4.22. The number of rotatable bonds is 14. The average Bonchev–Trinajstić information content (AvgIpc) is 2.71.